The molecule has 2 N–H and O–H groups in total. The van der Waals surface area contributed by atoms with Gasteiger partial charge in [-0.05, 0) is 36.8 Å². The van der Waals surface area contributed by atoms with Crippen LogP contribution in [0.3, 0.4) is 0 Å². The molecule has 1 aromatic heterocycles. The summed E-state index contributed by atoms with van der Waals surface area (Å²) in [4.78, 5) is 24.8. The van der Waals surface area contributed by atoms with Gasteiger partial charge in [-0.3, -0.25) is 14.7 Å². The number of halogens is 1. The zero-order valence-electron chi connectivity index (χ0n) is 11.6. The van der Waals surface area contributed by atoms with Crippen LogP contribution < -0.4 is 0 Å². The lowest BCUT2D eigenvalue weighted by molar-refractivity contribution is -0.141. The molecule has 1 fully saturated rings. The Kier molecular flexibility index (Phi) is 3.62. The van der Waals surface area contributed by atoms with Crippen LogP contribution in [-0.2, 0) is 4.79 Å². The van der Waals surface area contributed by atoms with Gasteiger partial charge in [0, 0.05) is 18.7 Å². The van der Waals surface area contributed by atoms with Gasteiger partial charge in [0.2, 0.25) is 0 Å². The van der Waals surface area contributed by atoms with Gasteiger partial charge in [0.05, 0.1) is 11.6 Å². The number of aliphatic carboxylic acids is 1. The van der Waals surface area contributed by atoms with Gasteiger partial charge >= 0.3 is 5.97 Å². The summed E-state index contributed by atoms with van der Waals surface area (Å²) in [6.07, 6.45) is 0.458. The summed E-state index contributed by atoms with van der Waals surface area (Å²) in [6, 6.07) is 7.39. The molecule has 2 heterocycles. The van der Waals surface area contributed by atoms with Crippen molar-refractivity contribution in [2.75, 3.05) is 13.1 Å². The van der Waals surface area contributed by atoms with Crippen LogP contribution in [0.5, 0.6) is 0 Å². The lowest BCUT2D eigenvalue weighted by Crippen LogP contribution is -2.30. The van der Waals surface area contributed by atoms with Crippen LogP contribution in [0.25, 0.3) is 11.3 Å². The first kappa shape index (κ1) is 14.2. The smallest absolute Gasteiger partial charge is 0.308 e. The van der Waals surface area contributed by atoms with E-state index in [0.717, 1.165) is 0 Å². The fourth-order valence-corrected chi connectivity index (χ4v) is 2.52. The molecule has 0 radical (unpaired) electrons. The van der Waals surface area contributed by atoms with Gasteiger partial charge in [-0.15, -0.1) is 0 Å². The third-order valence-electron chi connectivity index (χ3n) is 3.77. The van der Waals surface area contributed by atoms with Crippen molar-refractivity contribution in [2.45, 2.75) is 6.42 Å². The summed E-state index contributed by atoms with van der Waals surface area (Å²) in [5.41, 5.74) is 1.53. The standard InChI is InChI=1S/C15H14FN3O3/c16-11-3-1-9(2-4-11)12-7-13(18-17-12)14(20)19-6-5-10(8-19)15(21)22/h1-4,7,10H,5-6,8H2,(H,17,18)(H,21,22)/t10-/m0/s1. The Hall–Kier alpha value is -2.70. The van der Waals surface area contributed by atoms with Crippen LogP contribution in [0.2, 0.25) is 0 Å². The third kappa shape index (κ3) is 2.69. The third-order valence-corrected chi connectivity index (χ3v) is 3.77. The number of likely N-dealkylation sites (tertiary alicyclic amines) is 1. The number of hydrogen-bond acceptors (Lipinski definition) is 3. The normalized spacial score (nSPS) is 17.7. The first-order valence-electron chi connectivity index (χ1n) is 6.88. The van der Waals surface area contributed by atoms with E-state index in [1.807, 2.05) is 0 Å². The molecule has 0 unspecified atom stereocenters. The average molecular weight is 303 g/mol. The van der Waals surface area contributed by atoms with E-state index in [2.05, 4.69) is 10.2 Å². The van der Waals surface area contributed by atoms with E-state index in [1.54, 1.807) is 18.2 Å². The molecule has 1 aromatic carbocycles. The Balaban J connectivity index is 1.75. The number of rotatable bonds is 3. The molecule has 22 heavy (non-hydrogen) atoms. The molecule has 2 aromatic rings. The molecular formula is C15H14FN3O3. The highest BCUT2D eigenvalue weighted by molar-refractivity contribution is 5.94. The van der Waals surface area contributed by atoms with Crippen LogP contribution in [0.4, 0.5) is 4.39 Å². The molecule has 114 valence electrons. The Morgan fingerprint density at radius 2 is 2.05 bits per heavy atom. The second kappa shape index (κ2) is 5.59. The predicted molar refractivity (Wildman–Crippen MR) is 75.6 cm³/mol. The van der Waals surface area contributed by atoms with Crippen molar-refractivity contribution in [3.63, 3.8) is 0 Å². The van der Waals surface area contributed by atoms with Gasteiger partial charge in [0.15, 0.2) is 0 Å². The maximum Gasteiger partial charge on any atom is 0.308 e. The zero-order chi connectivity index (χ0) is 15.7. The maximum atomic E-state index is 12.9. The molecule has 0 spiro atoms. The quantitative estimate of drug-likeness (QED) is 0.904. The Morgan fingerprint density at radius 3 is 2.68 bits per heavy atom. The van der Waals surface area contributed by atoms with Crippen LogP contribution in [0, 0.1) is 11.7 Å². The van der Waals surface area contributed by atoms with Gasteiger partial charge < -0.3 is 10.0 Å². The van der Waals surface area contributed by atoms with Crippen LogP contribution in [0.1, 0.15) is 16.9 Å². The van der Waals surface area contributed by atoms with E-state index in [-0.39, 0.29) is 18.3 Å². The summed E-state index contributed by atoms with van der Waals surface area (Å²) in [6.45, 7) is 0.625. The molecule has 1 aliphatic heterocycles. The zero-order valence-corrected chi connectivity index (χ0v) is 11.6. The van der Waals surface area contributed by atoms with E-state index in [1.165, 1.54) is 17.0 Å². The van der Waals surface area contributed by atoms with Gasteiger partial charge in [-0.25, -0.2) is 4.39 Å². The number of aromatic amines is 1. The molecule has 1 atom stereocenters. The predicted octanol–water partition coefficient (Wildman–Crippen LogP) is 1.76. The minimum Gasteiger partial charge on any atom is -0.481 e. The van der Waals surface area contributed by atoms with Gasteiger partial charge in [-0.1, -0.05) is 0 Å². The molecule has 1 aliphatic rings. The van der Waals surface area contributed by atoms with Gasteiger partial charge in [-0.2, -0.15) is 5.10 Å². The molecule has 1 saturated heterocycles. The first-order chi connectivity index (χ1) is 10.5. The van der Waals surface area contributed by atoms with Crippen molar-refractivity contribution in [1.29, 1.82) is 0 Å². The fourth-order valence-electron chi connectivity index (χ4n) is 2.52. The highest BCUT2D eigenvalue weighted by atomic mass is 19.1. The number of hydrogen-bond donors (Lipinski definition) is 2. The van der Waals surface area contributed by atoms with E-state index < -0.39 is 11.9 Å². The van der Waals surface area contributed by atoms with E-state index in [4.69, 9.17) is 5.11 Å². The van der Waals surface area contributed by atoms with Crippen LogP contribution >= 0.6 is 0 Å². The monoisotopic (exact) mass is 303 g/mol. The SMILES string of the molecule is O=C(O)[C@H]1CCN(C(=O)c2cc(-c3ccc(F)cc3)n[nH]2)C1. The Morgan fingerprint density at radius 1 is 1.32 bits per heavy atom. The largest absolute Gasteiger partial charge is 0.481 e. The van der Waals surface area contributed by atoms with E-state index >= 15 is 0 Å². The molecular weight excluding hydrogens is 289 g/mol. The molecule has 0 aliphatic carbocycles. The molecule has 0 saturated carbocycles. The van der Waals surface area contributed by atoms with Crippen molar-refractivity contribution in [3.8, 4) is 11.3 Å². The lowest BCUT2D eigenvalue weighted by Gasteiger charge is -2.13. The molecule has 7 heteroatoms. The number of carboxylic acids is 1. The van der Waals surface area contributed by atoms with Crippen molar-refractivity contribution in [3.05, 3.63) is 41.8 Å². The summed E-state index contributed by atoms with van der Waals surface area (Å²) in [5, 5.41) is 15.7. The Labute approximate surface area is 125 Å². The summed E-state index contributed by atoms with van der Waals surface area (Å²) >= 11 is 0. The highest BCUT2D eigenvalue weighted by Crippen LogP contribution is 2.21. The second-order valence-corrected chi connectivity index (χ2v) is 5.25. The summed E-state index contributed by atoms with van der Waals surface area (Å²) < 4.78 is 12.9. The number of nitrogens with zero attached hydrogens (tertiary/aromatic N) is 2. The van der Waals surface area contributed by atoms with Crippen molar-refractivity contribution < 1.29 is 19.1 Å². The number of carboxylic acid groups (broad SMARTS) is 1. The summed E-state index contributed by atoms with van der Waals surface area (Å²) in [7, 11) is 0. The average Bonchev–Trinajstić information content (AvgIpc) is 3.17. The number of benzene rings is 1. The number of amides is 1. The maximum absolute atomic E-state index is 12.9. The first-order valence-corrected chi connectivity index (χ1v) is 6.88. The summed E-state index contributed by atoms with van der Waals surface area (Å²) in [5.74, 6) is -2.01. The molecule has 0 bridgehead atoms. The molecule has 1 amide bonds. The number of aromatic nitrogens is 2. The number of carbonyl (C=O) groups excluding carboxylic acids is 1. The Bertz CT molecular complexity index is 711. The molecule has 3 rings (SSSR count). The van der Waals surface area contributed by atoms with Crippen LogP contribution in [-0.4, -0.2) is 45.2 Å². The molecule has 6 nitrogen and oxygen atoms in total. The second-order valence-electron chi connectivity index (χ2n) is 5.25. The van der Waals surface area contributed by atoms with Crippen LogP contribution in [0.15, 0.2) is 30.3 Å². The number of H-pyrrole nitrogens is 1. The minimum atomic E-state index is -0.882. The lowest BCUT2D eigenvalue weighted by atomic mass is 10.1. The van der Waals surface area contributed by atoms with Crippen molar-refractivity contribution >= 4 is 11.9 Å². The van der Waals surface area contributed by atoms with E-state index in [9.17, 15) is 14.0 Å². The van der Waals surface area contributed by atoms with Crippen molar-refractivity contribution in [2.24, 2.45) is 5.92 Å². The van der Waals surface area contributed by atoms with Gasteiger partial charge in [0.25, 0.3) is 5.91 Å². The van der Waals surface area contributed by atoms with Crippen molar-refractivity contribution in [1.82, 2.24) is 15.1 Å². The number of nitrogens with one attached hydrogen (secondary N) is 1. The number of carbonyl (C=O) groups is 2. The fraction of sp³-hybridized carbons (Fsp3) is 0.267. The highest BCUT2D eigenvalue weighted by Gasteiger charge is 2.31. The van der Waals surface area contributed by atoms with Gasteiger partial charge in [0.1, 0.15) is 11.5 Å². The van der Waals surface area contributed by atoms with E-state index in [0.29, 0.717) is 29.9 Å². The minimum absolute atomic E-state index is 0.207. The topological polar surface area (TPSA) is 86.3 Å².